The number of carbonyl (C=O) groups is 2. The molecule has 0 radical (unpaired) electrons. The highest BCUT2D eigenvalue weighted by molar-refractivity contribution is 5.84. The molecule has 0 saturated heterocycles. The number of ether oxygens (including phenoxy) is 1. The van der Waals surface area contributed by atoms with Crippen LogP contribution in [-0.4, -0.2) is 37.3 Å². The van der Waals surface area contributed by atoms with Gasteiger partial charge in [-0.25, -0.2) is 9.86 Å². The zero-order chi connectivity index (χ0) is 15.7. The maximum Gasteiger partial charge on any atom is 0.408 e. The van der Waals surface area contributed by atoms with Crippen molar-refractivity contribution in [2.75, 3.05) is 14.2 Å². The van der Waals surface area contributed by atoms with Crippen molar-refractivity contribution in [2.45, 2.75) is 32.4 Å². The van der Waals surface area contributed by atoms with E-state index in [9.17, 15) is 9.59 Å². The molecule has 6 nitrogen and oxygen atoms in total. The Kier molecular flexibility index (Phi) is 7.25. The number of hydrogen-bond acceptors (Lipinski definition) is 4. The van der Waals surface area contributed by atoms with E-state index in [-0.39, 0.29) is 12.5 Å². The van der Waals surface area contributed by atoms with Crippen LogP contribution in [0.3, 0.4) is 0 Å². The van der Waals surface area contributed by atoms with Crippen molar-refractivity contribution < 1.29 is 19.2 Å². The molecule has 6 heteroatoms. The first-order valence-electron chi connectivity index (χ1n) is 6.87. The van der Waals surface area contributed by atoms with Gasteiger partial charge in [-0.3, -0.25) is 9.63 Å². The number of likely N-dealkylation sites (N-methyl/N-ethyl adjacent to an activating group) is 1. The van der Waals surface area contributed by atoms with Gasteiger partial charge in [-0.05, 0) is 12.0 Å². The summed E-state index contributed by atoms with van der Waals surface area (Å²) < 4.78 is 5.11. The fraction of sp³-hybridized carbons (Fsp3) is 0.467. The molecule has 0 aliphatic rings. The molecular formula is C15H22N2O4. The molecule has 0 heterocycles. The minimum absolute atomic E-state index is 0.166. The van der Waals surface area contributed by atoms with Gasteiger partial charge in [-0.2, -0.15) is 0 Å². The van der Waals surface area contributed by atoms with Crippen molar-refractivity contribution in [1.29, 1.82) is 0 Å². The second kappa shape index (κ2) is 8.97. The lowest BCUT2D eigenvalue weighted by atomic mass is 10.1. The van der Waals surface area contributed by atoms with Gasteiger partial charge >= 0.3 is 6.09 Å². The summed E-state index contributed by atoms with van der Waals surface area (Å²) in [4.78, 5) is 28.6. The van der Waals surface area contributed by atoms with Crippen molar-refractivity contribution in [3.63, 3.8) is 0 Å². The third-order valence-electron chi connectivity index (χ3n) is 2.96. The van der Waals surface area contributed by atoms with E-state index in [1.807, 2.05) is 37.3 Å². The van der Waals surface area contributed by atoms with Gasteiger partial charge in [-0.15, -0.1) is 0 Å². The lowest BCUT2D eigenvalue weighted by Gasteiger charge is -2.22. The molecule has 1 unspecified atom stereocenters. The molecule has 0 bridgehead atoms. The summed E-state index contributed by atoms with van der Waals surface area (Å²) in [5.41, 5.74) is 0.889. The van der Waals surface area contributed by atoms with Crippen LogP contribution in [0, 0.1) is 0 Å². The summed E-state index contributed by atoms with van der Waals surface area (Å²) in [6.07, 6.45) is 0.662. The number of hydrogen-bond donors (Lipinski definition) is 1. The number of amides is 2. The number of carbonyl (C=O) groups excluding carboxylic acids is 2. The Bertz CT molecular complexity index is 450. The highest BCUT2D eigenvalue weighted by Crippen LogP contribution is 2.04. The van der Waals surface area contributed by atoms with Crippen LogP contribution in [0.5, 0.6) is 0 Å². The molecular weight excluding hydrogens is 272 g/mol. The Morgan fingerprint density at radius 1 is 1.29 bits per heavy atom. The van der Waals surface area contributed by atoms with E-state index in [0.29, 0.717) is 6.42 Å². The van der Waals surface area contributed by atoms with E-state index in [0.717, 1.165) is 17.0 Å². The molecule has 0 fully saturated rings. The van der Waals surface area contributed by atoms with Crippen LogP contribution in [0.4, 0.5) is 4.79 Å². The quantitative estimate of drug-likeness (QED) is 0.782. The van der Waals surface area contributed by atoms with Gasteiger partial charge in [0.2, 0.25) is 0 Å². The number of hydroxylamine groups is 2. The fourth-order valence-corrected chi connectivity index (χ4v) is 1.76. The molecule has 21 heavy (non-hydrogen) atoms. The smallest absolute Gasteiger partial charge is 0.408 e. The van der Waals surface area contributed by atoms with Crippen LogP contribution in [0.1, 0.15) is 25.3 Å². The summed E-state index contributed by atoms with van der Waals surface area (Å²) >= 11 is 0. The lowest BCUT2D eigenvalue weighted by Crippen LogP contribution is -2.47. The Labute approximate surface area is 125 Å². The molecule has 1 atom stereocenters. The zero-order valence-corrected chi connectivity index (χ0v) is 12.7. The monoisotopic (exact) mass is 294 g/mol. The maximum absolute atomic E-state index is 12.0. The maximum atomic E-state index is 12.0. The van der Waals surface area contributed by atoms with E-state index in [1.165, 1.54) is 14.2 Å². The largest absolute Gasteiger partial charge is 0.445 e. The number of alkyl carbamates (subject to hydrolysis) is 1. The van der Waals surface area contributed by atoms with Crippen LogP contribution >= 0.6 is 0 Å². The van der Waals surface area contributed by atoms with Crippen molar-refractivity contribution in [3.05, 3.63) is 35.9 Å². The molecule has 0 aromatic heterocycles. The van der Waals surface area contributed by atoms with Gasteiger partial charge in [0, 0.05) is 7.05 Å². The highest BCUT2D eigenvalue weighted by atomic mass is 16.7. The number of rotatable bonds is 7. The minimum atomic E-state index is -0.650. The molecule has 116 valence electrons. The zero-order valence-electron chi connectivity index (χ0n) is 12.7. The predicted molar refractivity (Wildman–Crippen MR) is 78.2 cm³/mol. The highest BCUT2D eigenvalue weighted by Gasteiger charge is 2.23. The molecule has 0 aliphatic carbocycles. The first kappa shape index (κ1) is 17.0. The molecule has 1 aromatic rings. The van der Waals surface area contributed by atoms with Gasteiger partial charge in [0.05, 0.1) is 7.11 Å². The Balaban J connectivity index is 2.50. The molecule has 0 aliphatic heterocycles. The summed E-state index contributed by atoms with van der Waals surface area (Å²) in [5, 5.41) is 3.67. The standard InChI is InChI=1S/C15H22N2O4/c1-4-8-13(14(18)17(2)20-3)16-15(19)21-11-12-9-6-5-7-10-12/h5-7,9-10,13H,4,8,11H2,1-3H3,(H,16,19). The molecule has 0 saturated carbocycles. The molecule has 2 amide bonds. The number of nitrogens with zero attached hydrogens (tertiary/aromatic N) is 1. The topological polar surface area (TPSA) is 67.9 Å². The van der Waals surface area contributed by atoms with Gasteiger partial charge in [0.25, 0.3) is 5.91 Å². The predicted octanol–water partition coefficient (Wildman–Crippen LogP) is 2.10. The average molecular weight is 294 g/mol. The Morgan fingerprint density at radius 2 is 1.95 bits per heavy atom. The van der Waals surface area contributed by atoms with Crippen molar-refractivity contribution in [1.82, 2.24) is 10.4 Å². The molecule has 0 spiro atoms. The van der Waals surface area contributed by atoms with Crippen LogP contribution in [0.25, 0.3) is 0 Å². The van der Waals surface area contributed by atoms with Crippen molar-refractivity contribution in [2.24, 2.45) is 0 Å². The fourth-order valence-electron chi connectivity index (χ4n) is 1.76. The van der Waals surface area contributed by atoms with Crippen LogP contribution in [0.2, 0.25) is 0 Å². The van der Waals surface area contributed by atoms with Crippen molar-refractivity contribution >= 4 is 12.0 Å². The molecule has 1 N–H and O–H groups in total. The first-order valence-corrected chi connectivity index (χ1v) is 6.87. The van der Waals surface area contributed by atoms with Crippen LogP contribution < -0.4 is 5.32 Å². The van der Waals surface area contributed by atoms with Gasteiger partial charge < -0.3 is 10.1 Å². The molecule has 1 aromatic carbocycles. The van der Waals surface area contributed by atoms with E-state index in [2.05, 4.69) is 5.32 Å². The second-order valence-electron chi connectivity index (χ2n) is 4.57. The number of benzene rings is 1. The first-order chi connectivity index (χ1) is 10.1. The second-order valence-corrected chi connectivity index (χ2v) is 4.57. The normalized spacial score (nSPS) is 11.6. The third kappa shape index (κ3) is 5.83. The Hall–Kier alpha value is -2.08. The van der Waals surface area contributed by atoms with E-state index in [1.54, 1.807) is 0 Å². The molecule has 1 rings (SSSR count). The van der Waals surface area contributed by atoms with Crippen LogP contribution in [-0.2, 0) is 21.0 Å². The summed E-state index contributed by atoms with van der Waals surface area (Å²) in [6, 6.07) is 8.70. The Morgan fingerprint density at radius 3 is 2.52 bits per heavy atom. The van der Waals surface area contributed by atoms with E-state index in [4.69, 9.17) is 9.57 Å². The summed E-state index contributed by atoms with van der Waals surface area (Å²) in [7, 11) is 2.90. The van der Waals surface area contributed by atoms with Gasteiger partial charge in [0.15, 0.2) is 0 Å². The van der Waals surface area contributed by atoms with Crippen molar-refractivity contribution in [3.8, 4) is 0 Å². The van der Waals surface area contributed by atoms with Gasteiger partial charge in [-0.1, -0.05) is 43.7 Å². The minimum Gasteiger partial charge on any atom is -0.445 e. The van der Waals surface area contributed by atoms with E-state index < -0.39 is 12.1 Å². The lowest BCUT2D eigenvalue weighted by molar-refractivity contribution is -0.171. The summed E-state index contributed by atoms with van der Waals surface area (Å²) in [6.45, 7) is 2.10. The average Bonchev–Trinajstić information content (AvgIpc) is 2.52. The van der Waals surface area contributed by atoms with Crippen LogP contribution in [0.15, 0.2) is 30.3 Å². The number of nitrogens with one attached hydrogen (secondary N) is 1. The third-order valence-corrected chi connectivity index (χ3v) is 2.96. The van der Waals surface area contributed by atoms with Gasteiger partial charge in [0.1, 0.15) is 12.6 Å². The SMILES string of the molecule is CCCC(NC(=O)OCc1ccccc1)C(=O)N(C)OC. The van der Waals surface area contributed by atoms with E-state index >= 15 is 0 Å². The summed E-state index contributed by atoms with van der Waals surface area (Å²) in [5.74, 6) is -0.309.